The van der Waals surface area contributed by atoms with Gasteiger partial charge in [0.15, 0.2) is 11.5 Å². The van der Waals surface area contributed by atoms with E-state index < -0.39 is 0 Å². The monoisotopic (exact) mass is 417 g/mol. The molecule has 0 aliphatic carbocycles. The fourth-order valence-corrected chi connectivity index (χ4v) is 3.79. The van der Waals surface area contributed by atoms with Gasteiger partial charge in [-0.05, 0) is 42.8 Å². The molecular formula is C24H23N3O4. The largest absolute Gasteiger partial charge is 0.496 e. The number of nitrogens with zero attached hydrogens (tertiary/aromatic N) is 2. The highest BCUT2D eigenvalue weighted by molar-refractivity contribution is 5.86. The molecule has 7 heteroatoms. The predicted octanol–water partition coefficient (Wildman–Crippen LogP) is 4.84. The summed E-state index contributed by atoms with van der Waals surface area (Å²) in [4.78, 5) is 4.91. The molecule has 2 aromatic heterocycles. The average Bonchev–Trinajstić information content (AvgIpc) is 3.15. The number of aromatic nitrogens is 2. The SMILES string of the molecule is COc1cccc(OC)c1-c1nc2ccc(C)cn2c1Nc1ccc2c(c1)OCCO2. The number of aryl methyl sites for hydroxylation is 1. The van der Waals surface area contributed by atoms with Crippen molar-refractivity contribution in [2.75, 3.05) is 32.8 Å². The van der Waals surface area contributed by atoms with Crippen molar-refractivity contribution < 1.29 is 18.9 Å². The van der Waals surface area contributed by atoms with Crippen LogP contribution in [0.3, 0.4) is 0 Å². The normalized spacial score (nSPS) is 12.6. The molecule has 1 aliphatic heterocycles. The maximum atomic E-state index is 5.75. The Morgan fingerprint density at radius 2 is 1.68 bits per heavy atom. The smallest absolute Gasteiger partial charge is 0.163 e. The summed E-state index contributed by atoms with van der Waals surface area (Å²) in [6.45, 7) is 3.15. The van der Waals surface area contributed by atoms with Gasteiger partial charge in [0.2, 0.25) is 0 Å². The molecule has 0 bridgehead atoms. The molecule has 31 heavy (non-hydrogen) atoms. The van der Waals surface area contributed by atoms with E-state index in [1.54, 1.807) is 14.2 Å². The van der Waals surface area contributed by atoms with Crippen molar-refractivity contribution in [2.45, 2.75) is 6.92 Å². The topological polar surface area (TPSA) is 66.3 Å². The lowest BCUT2D eigenvalue weighted by Gasteiger charge is -2.19. The molecule has 2 aromatic carbocycles. The van der Waals surface area contributed by atoms with Gasteiger partial charge in [0.25, 0.3) is 0 Å². The van der Waals surface area contributed by atoms with Crippen LogP contribution in [0.4, 0.5) is 11.5 Å². The van der Waals surface area contributed by atoms with Crippen LogP contribution in [0.1, 0.15) is 5.56 Å². The van der Waals surface area contributed by atoms with Crippen molar-refractivity contribution in [1.29, 1.82) is 0 Å². The molecule has 5 rings (SSSR count). The second kappa shape index (κ2) is 7.75. The zero-order chi connectivity index (χ0) is 21.4. The van der Waals surface area contributed by atoms with E-state index in [-0.39, 0.29) is 0 Å². The van der Waals surface area contributed by atoms with Crippen molar-refractivity contribution >= 4 is 17.2 Å². The van der Waals surface area contributed by atoms with Gasteiger partial charge in [0.05, 0.1) is 19.8 Å². The first kappa shape index (κ1) is 19.1. The first-order valence-electron chi connectivity index (χ1n) is 10.0. The number of hydrogen-bond donors (Lipinski definition) is 1. The molecule has 0 spiro atoms. The Labute approximate surface area is 180 Å². The Morgan fingerprint density at radius 3 is 2.42 bits per heavy atom. The third-order valence-corrected chi connectivity index (χ3v) is 5.24. The molecule has 0 unspecified atom stereocenters. The van der Waals surface area contributed by atoms with Crippen molar-refractivity contribution in [1.82, 2.24) is 9.38 Å². The highest BCUT2D eigenvalue weighted by Gasteiger charge is 2.22. The maximum absolute atomic E-state index is 5.75. The van der Waals surface area contributed by atoms with Crippen molar-refractivity contribution in [3.63, 3.8) is 0 Å². The molecule has 4 aromatic rings. The van der Waals surface area contributed by atoms with Crippen LogP contribution in [0.25, 0.3) is 16.9 Å². The molecule has 7 nitrogen and oxygen atoms in total. The van der Waals surface area contributed by atoms with Gasteiger partial charge < -0.3 is 24.3 Å². The second-order valence-corrected chi connectivity index (χ2v) is 7.26. The number of methoxy groups -OCH3 is 2. The summed E-state index contributed by atoms with van der Waals surface area (Å²) < 4.78 is 24.7. The van der Waals surface area contributed by atoms with E-state index in [0.29, 0.717) is 24.7 Å². The summed E-state index contributed by atoms with van der Waals surface area (Å²) in [6.07, 6.45) is 2.05. The molecule has 3 heterocycles. The van der Waals surface area contributed by atoms with Gasteiger partial charge in [-0.3, -0.25) is 4.40 Å². The summed E-state index contributed by atoms with van der Waals surface area (Å²) in [5.41, 5.74) is 4.31. The lowest BCUT2D eigenvalue weighted by Crippen LogP contribution is -2.15. The van der Waals surface area contributed by atoms with Crippen LogP contribution in [-0.2, 0) is 0 Å². The quantitative estimate of drug-likeness (QED) is 0.501. The number of fused-ring (bicyclic) bond motifs is 2. The lowest BCUT2D eigenvalue weighted by atomic mass is 10.1. The van der Waals surface area contributed by atoms with Crippen LogP contribution < -0.4 is 24.3 Å². The molecule has 0 saturated carbocycles. The highest BCUT2D eigenvalue weighted by Crippen LogP contribution is 2.43. The first-order valence-corrected chi connectivity index (χ1v) is 10.0. The van der Waals surface area contributed by atoms with Gasteiger partial charge in [-0.25, -0.2) is 4.98 Å². The molecule has 158 valence electrons. The first-order chi connectivity index (χ1) is 15.2. The number of anilines is 2. The second-order valence-electron chi connectivity index (χ2n) is 7.26. The Bertz CT molecular complexity index is 1240. The van der Waals surface area contributed by atoms with Gasteiger partial charge >= 0.3 is 0 Å². The Balaban J connectivity index is 1.70. The van der Waals surface area contributed by atoms with E-state index in [9.17, 15) is 0 Å². The summed E-state index contributed by atoms with van der Waals surface area (Å²) in [7, 11) is 3.29. The molecular weight excluding hydrogens is 394 g/mol. The van der Waals surface area contributed by atoms with E-state index in [2.05, 4.69) is 12.2 Å². The number of rotatable bonds is 5. The van der Waals surface area contributed by atoms with Crippen LogP contribution in [-0.4, -0.2) is 36.8 Å². The van der Waals surface area contributed by atoms with Crippen molar-refractivity contribution in [3.05, 3.63) is 60.3 Å². The lowest BCUT2D eigenvalue weighted by molar-refractivity contribution is 0.171. The van der Waals surface area contributed by atoms with Crippen molar-refractivity contribution in [3.8, 4) is 34.3 Å². The summed E-state index contributed by atoms with van der Waals surface area (Å²) in [5, 5.41) is 3.53. The Hall–Kier alpha value is -3.87. The number of imidazole rings is 1. The van der Waals surface area contributed by atoms with E-state index >= 15 is 0 Å². The minimum Gasteiger partial charge on any atom is -0.496 e. The molecule has 0 saturated heterocycles. The van der Waals surface area contributed by atoms with Gasteiger partial charge in [-0.15, -0.1) is 0 Å². The fourth-order valence-electron chi connectivity index (χ4n) is 3.79. The third-order valence-electron chi connectivity index (χ3n) is 5.24. The Morgan fingerprint density at radius 1 is 0.935 bits per heavy atom. The predicted molar refractivity (Wildman–Crippen MR) is 119 cm³/mol. The van der Waals surface area contributed by atoms with Crippen LogP contribution >= 0.6 is 0 Å². The van der Waals surface area contributed by atoms with Gasteiger partial charge in [-0.2, -0.15) is 0 Å². The van der Waals surface area contributed by atoms with Gasteiger partial charge in [0.1, 0.15) is 41.9 Å². The highest BCUT2D eigenvalue weighted by atomic mass is 16.6. The molecule has 0 atom stereocenters. The summed E-state index contributed by atoms with van der Waals surface area (Å²) in [5.74, 6) is 3.64. The minimum absolute atomic E-state index is 0.537. The molecule has 0 amide bonds. The van der Waals surface area contributed by atoms with E-state index in [1.165, 1.54) is 0 Å². The van der Waals surface area contributed by atoms with E-state index in [0.717, 1.165) is 45.5 Å². The number of benzene rings is 2. The molecule has 0 radical (unpaired) electrons. The van der Waals surface area contributed by atoms with Crippen LogP contribution in [0.15, 0.2) is 54.7 Å². The molecule has 0 fully saturated rings. The average molecular weight is 417 g/mol. The summed E-state index contributed by atoms with van der Waals surface area (Å²) >= 11 is 0. The summed E-state index contributed by atoms with van der Waals surface area (Å²) in [6, 6.07) is 15.6. The maximum Gasteiger partial charge on any atom is 0.163 e. The molecule has 1 aliphatic rings. The Kier molecular flexibility index (Phi) is 4.78. The van der Waals surface area contributed by atoms with Gasteiger partial charge in [-0.1, -0.05) is 12.1 Å². The zero-order valence-electron chi connectivity index (χ0n) is 17.6. The zero-order valence-corrected chi connectivity index (χ0v) is 17.6. The fraction of sp³-hybridized carbons (Fsp3) is 0.208. The number of ether oxygens (including phenoxy) is 4. The van der Waals surface area contributed by atoms with Crippen molar-refractivity contribution in [2.24, 2.45) is 0 Å². The van der Waals surface area contributed by atoms with E-state index in [1.807, 2.05) is 59.1 Å². The molecule has 1 N–H and O–H groups in total. The standard InChI is InChI=1S/C24H23N3O4/c1-15-7-10-21-26-23(22-18(28-2)5-4-6-19(22)29-3)24(27(21)14-15)25-16-8-9-17-20(13-16)31-12-11-30-17/h4-10,13-14,25H,11-12H2,1-3H3. The number of hydrogen-bond acceptors (Lipinski definition) is 6. The van der Waals surface area contributed by atoms with Crippen LogP contribution in [0, 0.1) is 6.92 Å². The van der Waals surface area contributed by atoms with Crippen LogP contribution in [0.2, 0.25) is 0 Å². The number of pyridine rings is 1. The van der Waals surface area contributed by atoms with E-state index in [4.69, 9.17) is 23.9 Å². The third kappa shape index (κ3) is 3.38. The number of nitrogens with one attached hydrogen (secondary N) is 1. The minimum atomic E-state index is 0.537. The van der Waals surface area contributed by atoms with Crippen LogP contribution in [0.5, 0.6) is 23.0 Å². The van der Waals surface area contributed by atoms with Gasteiger partial charge in [0, 0.05) is 18.0 Å².